The molecule has 0 bridgehead atoms. The predicted octanol–water partition coefficient (Wildman–Crippen LogP) is 2.37. The molecule has 1 fully saturated rings. The third kappa shape index (κ3) is 4.53. The van der Waals surface area contributed by atoms with E-state index in [9.17, 15) is 4.79 Å². The summed E-state index contributed by atoms with van der Waals surface area (Å²) < 4.78 is 0. The van der Waals surface area contributed by atoms with Crippen molar-refractivity contribution in [2.75, 3.05) is 37.6 Å². The summed E-state index contributed by atoms with van der Waals surface area (Å²) in [5.74, 6) is -0.693. The highest BCUT2D eigenvalue weighted by atomic mass is 16.4. The Labute approximate surface area is 121 Å². The molecule has 110 valence electrons. The van der Waals surface area contributed by atoms with Crippen LogP contribution >= 0.6 is 0 Å². The Morgan fingerprint density at radius 2 is 1.90 bits per heavy atom. The van der Waals surface area contributed by atoms with E-state index in [1.54, 1.807) is 0 Å². The number of aryl methyl sites for hydroxylation is 1. The standard InChI is InChI=1S/C16H24N2O2/c1-14-5-7-15(8-6-14)18-11-3-10-17(12-13-18)9-2-4-16(19)20/h5-8H,2-4,9-13H2,1H3,(H,19,20). The first-order chi connectivity index (χ1) is 9.65. The van der Waals surface area contributed by atoms with Gasteiger partial charge in [0.05, 0.1) is 0 Å². The molecule has 4 heteroatoms. The van der Waals surface area contributed by atoms with Gasteiger partial charge in [0.2, 0.25) is 0 Å². The SMILES string of the molecule is Cc1ccc(N2CCCN(CCCC(=O)O)CC2)cc1. The summed E-state index contributed by atoms with van der Waals surface area (Å²) in [4.78, 5) is 15.4. The molecule has 0 aliphatic carbocycles. The van der Waals surface area contributed by atoms with Crippen molar-refractivity contribution in [3.05, 3.63) is 29.8 Å². The summed E-state index contributed by atoms with van der Waals surface area (Å²) >= 11 is 0. The Balaban J connectivity index is 1.82. The first kappa shape index (κ1) is 14.9. The van der Waals surface area contributed by atoms with Crippen LogP contribution in [0.4, 0.5) is 5.69 Å². The minimum atomic E-state index is -0.693. The van der Waals surface area contributed by atoms with Gasteiger partial charge >= 0.3 is 5.97 Å². The number of hydrogen-bond donors (Lipinski definition) is 1. The van der Waals surface area contributed by atoms with E-state index in [4.69, 9.17) is 5.11 Å². The summed E-state index contributed by atoms with van der Waals surface area (Å²) in [6.45, 7) is 7.20. The zero-order chi connectivity index (χ0) is 14.4. The van der Waals surface area contributed by atoms with Gasteiger partial charge in [-0.05, 0) is 45.0 Å². The number of carbonyl (C=O) groups is 1. The average molecular weight is 276 g/mol. The number of rotatable bonds is 5. The van der Waals surface area contributed by atoms with Crippen LogP contribution in [0.2, 0.25) is 0 Å². The van der Waals surface area contributed by atoms with Gasteiger partial charge in [0, 0.05) is 31.7 Å². The van der Waals surface area contributed by atoms with Crippen molar-refractivity contribution >= 4 is 11.7 Å². The van der Waals surface area contributed by atoms with Gasteiger partial charge in [0.1, 0.15) is 0 Å². The van der Waals surface area contributed by atoms with Crippen molar-refractivity contribution in [3.63, 3.8) is 0 Å². The molecule has 2 rings (SSSR count). The fourth-order valence-corrected chi connectivity index (χ4v) is 2.66. The van der Waals surface area contributed by atoms with Crippen molar-refractivity contribution in [3.8, 4) is 0 Å². The largest absolute Gasteiger partial charge is 0.481 e. The van der Waals surface area contributed by atoms with Crippen LogP contribution in [0.3, 0.4) is 0 Å². The lowest BCUT2D eigenvalue weighted by atomic mass is 10.2. The van der Waals surface area contributed by atoms with Crippen LogP contribution in [0.15, 0.2) is 24.3 Å². The highest BCUT2D eigenvalue weighted by Gasteiger charge is 2.15. The molecule has 0 radical (unpaired) electrons. The van der Waals surface area contributed by atoms with E-state index in [1.807, 2.05) is 0 Å². The second-order valence-electron chi connectivity index (χ2n) is 5.52. The van der Waals surface area contributed by atoms with E-state index in [0.717, 1.165) is 45.6 Å². The number of carboxylic acid groups (broad SMARTS) is 1. The first-order valence-corrected chi connectivity index (χ1v) is 7.41. The molecule has 4 nitrogen and oxygen atoms in total. The van der Waals surface area contributed by atoms with Gasteiger partial charge in [-0.25, -0.2) is 0 Å². The van der Waals surface area contributed by atoms with Crippen LogP contribution < -0.4 is 4.90 Å². The molecule has 0 atom stereocenters. The molecule has 0 saturated carbocycles. The molecule has 0 amide bonds. The fourth-order valence-electron chi connectivity index (χ4n) is 2.66. The molecule has 1 saturated heterocycles. The smallest absolute Gasteiger partial charge is 0.303 e. The van der Waals surface area contributed by atoms with Crippen LogP contribution in [-0.2, 0) is 4.79 Å². The van der Waals surface area contributed by atoms with Gasteiger partial charge < -0.3 is 14.9 Å². The second-order valence-corrected chi connectivity index (χ2v) is 5.52. The number of benzene rings is 1. The number of carboxylic acids is 1. The summed E-state index contributed by atoms with van der Waals surface area (Å²) in [7, 11) is 0. The van der Waals surface area contributed by atoms with E-state index in [-0.39, 0.29) is 6.42 Å². The van der Waals surface area contributed by atoms with E-state index in [2.05, 4.69) is 41.0 Å². The van der Waals surface area contributed by atoms with Crippen LogP contribution in [0.1, 0.15) is 24.8 Å². The molecule has 1 N–H and O–H groups in total. The molecule has 1 aliphatic rings. The summed E-state index contributed by atoms with van der Waals surface area (Å²) in [6, 6.07) is 8.69. The molecule has 0 unspecified atom stereocenters. The third-order valence-corrected chi connectivity index (χ3v) is 3.85. The van der Waals surface area contributed by atoms with Gasteiger partial charge in [0.15, 0.2) is 0 Å². The molecule has 1 heterocycles. The molecular weight excluding hydrogens is 252 g/mol. The Morgan fingerprint density at radius 3 is 2.60 bits per heavy atom. The highest BCUT2D eigenvalue weighted by molar-refractivity contribution is 5.66. The highest BCUT2D eigenvalue weighted by Crippen LogP contribution is 2.17. The summed E-state index contributed by atoms with van der Waals surface area (Å²) in [6.07, 6.45) is 2.17. The molecule has 1 aromatic rings. The first-order valence-electron chi connectivity index (χ1n) is 7.41. The van der Waals surface area contributed by atoms with E-state index in [0.29, 0.717) is 0 Å². The topological polar surface area (TPSA) is 43.8 Å². The number of nitrogens with zero attached hydrogens (tertiary/aromatic N) is 2. The predicted molar refractivity (Wildman–Crippen MR) is 81.3 cm³/mol. The van der Waals surface area contributed by atoms with E-state index >= 15 is 0 Å². The van der Waals surface area contributed by atoms with Gasteiger partial charge in [0.25, 0.3) is 0 Å². The Hall–Kier alpha value is -1.55. The van der Waals surface area contributed by atoms with Crippen molar-refractivity contribution in [1.82, 2.24) is 4.90 Å². The minimum Gasteiger partial charge on any atom is -0.481 e. The van der Waals surface area contributed by atoms with Crippen LogP contribution in [0.5, 0.6) is 0 Å². The lowest BCUT2D eigenvalue weighted by molar-refractivity contribution is -0.137. The van der Waals surface area contributed by atoms with Crippen LogP contribution in [-0.4, -0.2) is 48.7 Å². The molecular formula is C16H24N2O2. The third-order valence-electron chi connectivity index (χ3n) is 3.85. The van der Waals surface area contributed by atoms with Gasteiger partial charge in [-0.2, -0.15) is 0 Å². The fraction of sp³-hybridized carbons (Fsp3) is 0.562. The monoisotopic (exact) mass is 276 g/mol. The number of hydrogen-bond acceptors (Lipinski definition) is 3. The lowest BCUT2D eigenvalue weighted by Gasteiger charge is -2.23. The minimum absolute atomic E-state index is 0.276. The Bertz CT molecular complexity index is 431. The van der Waals surface area contributed by atoms with Gasteiger partial charge in [-0.15, -0.1) is 0 Å². The maximum absolute atomic E-state index is 10.5. The molecule has 20 heavy (non-hydrogen) atoms. The molecule has 0 aromatic heterocycles. The van der Waals surface area contributed by atoms with Crippen molar-refractivity contribution in [1.29, 1.82) is 0 Å². The molecule has 1 aliphatic heterocycles. The van der Waals surface area contributed by atoms with Crippen LogP contribution in [0, 0.1) is 6.92 Å². The van der Waals surface area contributed by atoms with E-state index in [1.165, 1.54) is 11.3 Å². The van der Waals surface area contributed by atoms with Crippen molar-refractivity contribution < 1.29 is 9.90 Å². The average Bonchev–Trinajstić information content (AvgIpc) is 2.65. The quantitative estimate of drug-likeness (QED) is 0.896. The number of anilines is 1. The van der Waals surface area contributed by atoms with Crippen LogP contribution in [0.25, 0.3) is 0 Å². The van der Waals surface area contributed by atoms with E-state index < -0.39 is 5.97 Å². The maximum atomic E-state index is 10.5. The van der Waals surface area contributed by atoms with Crippen molar-refractivity contribution in [2.45, 2.75) is 26.2 Å². The normalized spacial score (nSPS) is 16.9. The summed E-state index contributed by atoms with van der Waals surface area (Å²) in [5.41, 5.74) is 2.59. The second kappa shape index (κ2) is 7.29. The lowest BCUT2D eigenvalue weighted by Crippen LogP contribution is -2.31. The van der Waals surface area contributed by atoms with Gasteiger partial charge in [-0.1, -0.05) is 17.7 Å². The van der Waals surface area contributed by atoms with Gasteiger partial charge in [-0.3, -0.25) is 4.79 Å². The zero-order valence-electron chi connectivity index (χ0n) is 12.2. The molecule has 0 spiro atoms. The molecule has 1 aromatic carbocycles. The van der Waals surface area contributed by atoms with Crippen molar-refractivity contribution in [2.24, 2.45) is 0 Å². The number of aliphatic carboxylic acids is 1. The maximum Gasteiger partial charge on any atom is 0.303 e. The zero-order valence-corrected chi connectivity index (χ0v) is 12.2. The Kier molecular flexibility index (Phi) is 5.41. The Morgan fingerprint density at radius 1 is 1.15 bits per heavy atom. The summed E-state index contributed by atoms with van der Waals surface area (Å²) in [5, 5.41) is 8.68.